The highest BCUT2D eigenvalue weighted by molar-refractivity contribution is 7.89. The van der Waals surface area contributed by atoms with Gasteiger partial charge in [-0.2, -0.15) is 0 Å². The van der Waals surface area contributed by atoms with Crippen molar-refractivity contribution in [1.29, 1.82) is 0 Å². The van der Waals surface area contributed by atoms with Crippen LogP contribution < -0.4 is 10.5 Å². The molecule has 3 N–H and O–H groups in total. The first-order chi connectivity index (χ1) is 7.86. The lowest BCUT2D eigenvalue weighted by atomic mass is 10.2. The van der Waals surface area contributed by atoms with Crippen LogP contribution in [0.3, 0.4) is 0 Å². The van der Waals surface area contributed by atoms with Crippen molar-refractivity contribution in [2.75, 3.05) is 6.54 Å². The molecule has 0 saturated heterocycles. The predicted octanol–water partition coefficient (Wildman–Crippen LogP) is 1.66. The Morgan fingerprint density at radius 1 is 1.47 bits per heavy atom. The van der Waals surface area contributed by atoms with Crippen LogP contribution in [0.4, 0.5) is 0 Å². The Morgan fingerprint density at radius 2 is 2.12 bits per heavy atom. The van der Waals surface area contributed by atoms with Crippen molar-refractivity contribution in [3.63, 3.8) is 0 Å². The van der Waals surface area contributed by atoms with E-state index in [-0.39, 0.29) is 17.5 Å². The highest BCUT2D eigenvalue weighted by Gasteiger charge is 2.17. The maximum absolute atomic E-state index is 12.0. The van der Waals surface area contributed by atoms with Crippen molar-refractivity contribution in [3.8, 4) is 0 Å². The molecule has 0 aromatic heterocycles. The van der Waals surface area contributed by atoms with E-state index in [2.05, 4.69) is 4.72 Å². The summed E-state index contributed by atoms with van der Waals surface area (Å²) in [5.41, 5.74) is 6.33. The first kappa shape index (κ1) is 14.4. The minimum Gasteiger partial charge on any atom is -0.327 e. The number of hydrogen-bond acceptors (Lipinski definition) is 3. The zero-order valence-corrected chi connectivity index (χ0v) is 11.5. The third-order valence-corrected chi connectivity index (χ3v) is 4.30. The summed E-state index contributed by atoms with van der Waals surface area (Å²) in [6, 6.07) is 4.60. The SMILES string of the molecule is CCC(N)CNS(=O)(=O)c1cc(Cl)ccc1C. The molecule has 1 rings (SSSR count). The zero-order valence-electron chi connectivity index (χ0n) is 9.90. The van der Waals surface area contributed by atoms with Gasteiger partial charge < -0.3 is 5.73 Å². The maximum Gasteiger partial charge on any atom is 0.240 e. The molecule has 0 saturated carbocycles. The summed E-state index contributed by atoms with van der Waals surface area (Å²) in [6.45, 7) is 3.86. The Hall–Kier alpha value is -0.620. The minimum atomic E-state index is -3.53. The summed E-state index contributed by atoms with van der Waals surface area (Å²) in [5.74, 6) is 0. The summed E-state index contributed by atoms with van der Waals surface area (Å²) < 4.78 is 26.5. The van der Waals surface area contributed by atoms with E-state index in [4.69, 9.17) is 17.3 Å². The van der Waals surface area contributed by atoms with Crippen molar-refractivity contribution < 1.29 is 8.42 Å². The predicted molar refractivity (Wildman–Crippen MR) is 69.6 cm³/mol. The molecular weight excluding hydrogens is 260 g/mol. The second-order valence-electron chi connectivity index (χ2n) is 3.93. The van der Waals surface area contributed by atoms with Crippen LogP contribution in [0.5, 0.6) is 0 Å². The molecule has 0 aliphatic heterocycles. The Kier molecular flexibility index (Phi) is 4.94. The summed E-state index contributed by atoms with van der Waals surface area (Å²) in [5, 5.41) is 0.399. The Bertz CT molecular complexity index is 488. The molecule has 1 aromatic rings. The lowest BCUT2D eigenvalue weighted by Crippen LogP contribution is -2.36. The molecule has 1 atom stereocenters. The summed E-state index contributed by atoms with van der Waals surface area (Å²) in [7, 11) is -3.53. The van der Waals surface area contributed by atoms with Gasteiger partial charge in [0.15, 0.2) is 0 Å². The quantitative estimate of drug-likeness (QED) is 0.859. The van der Waals surface area contributed by atoms with Crippen LogP contribution in [-0.4, -0.2) is 21.0 Å². The van der Waals surface area contributed by atoms with Crippen LogP contribution in [0.1, 0.15) is 18.9 Å². The van der Waals surface area contributed by atoms with Crippen molar-refractivity contribution in [3.05, 3.63) is 28.8 Å². The lowest BCUT2D eigenvalue weighted by Gasteiger charge is -2.12. The third-order valence-electron chi connectivity index (χ3n) is 2.50. The van der Waals surface area contributed by atoms with Gasteiger partial charge in [-0.1, -0.05) is 24.6 Å². The average Bonchev–Trinajstić information content (AvgIpc) is 2.29. The number of nitrogens with one attached hydrogen (secondary N) is 1. The smallest absolute Gasteiger partial charge is 0.240 e. The van der Waals surface area contributed by atoms with E-state index in [1.165, 1.54) is 6.07 Å². The molecule has 0 spiro atoms. The molecule has 17 heavy (non-hydrogen) atoms. The first-order valence-corrected chi connectivity index (χ1v) is 7.24. The van der Waals surface area contributed by atoms with E-state index >= 15 is 0 Å². The van der Waals surface area contributed by atoms with Crippen LogP contribution in [0.2, 0.25) is 5.02 Å². The summed E-state index contributed by atoms with van der Waals surface area (Å²) in [6.07, 6.45) is 0.719. The van der Waals surface area contributed by atoms with Crippen LogP contribution in [0.15, 0.2) is 23.1 Å². The standard InChI is InChI=1S/C11H17ClN2O2S/c1-3-10(13)7-14-17(15,16)11-6-9(12)5-4-8(11)2/h4-6,10,14H,3,7,13H2,1-2H3. The third kappa shape index (κ3) is 3.96. The van der Waals surface area contributed by atoms with Gasteiger partial charge in [0.25, 0.3) is 0 Å². The minimum absolute atomic E-state index is 0.177. The van der Waals surface area contributed by atoms with Gasteiger partial charge in [-0.15, -0.1) is 0 Å². The van der Waals surface area contributed by atoms with E-state index in [0.717, 1.165) is 6.42 Å². The molecule has 0 heterocycles. The fourth-order valence-electron chi connectivity index (χ4n) is 1.30. The van der Waals surface area contributed by atoms with E-state index in [9.17, 15) is 8.42 Å². The monoisotopic (exact) mass is 276 g/mol. The Balaban J connectivity index is 2.93. The topological polar surface area (TPSA) is 72.2 Å². The van der Waals surface area contributed by atoms with Gasteiger partial charge in [-0.3, -0.25) is 0 Å². The Morgan fingerprint density at radius 3 is 2.71 bits per heavy atom. The molecule has 1 unspecified atom stereocenters. The van der Waals surface area contributed by atoms with Crippen molar-refractivity contribution in [2.24, 2.45) is 5.73 Å². The number of sulfonamides is 1. The van der Waals surface area contributed by atoms with Gasteiger partial charge in [0, 0.05) is 17.6 Å². The van der Waals surface area contributed by atoms with E-state index in [1.54, 1.807) is 19.1 Å². The number of rotatable bonds is 5. The van der Waals surface area contributed by atoms with Crippen LogP contribution in [-0.2, 0) is 10.0 Å². The van der Waals surface area contributed by atoms with Crippen LogP contribution >= 0.6 is 11.6 Å². The maximum atomic E-state index is 12.0. The van der Waals surface area contributed by atoms with E-state index in [0.29, 0.717) is 10.6 Å². The average molecular weight is 277 g/mol. The summed E-state index contributed by atoms with van der Waals surface area (Å²) >= 11 is 5.80. The molecule has 96 valence electrons. The molecule has 1 aromatic carbocycles. The van der Waals surface area contributed by atoms with Crippen LogP contribution in [0.25, 0.3) is 0 Å². The van der Waals surface area contributed by atoms with Crippen molar-refractivity contribution in [2.45, 2.75) is 31.2 Å². The largest absolute Gasteiger partial charge is 0.327 e. The van der Waals surface area contributed by atoms with Gasteiger partial charge in [0.2, 0.25) is 10.0 Å². The second-order valence-corrected chi connectivity index (χ2v) is 6.10. The number of halogens is 1. The summed E-state index contributed by atoms with van der Waals surface area (Å²) in [4.78, 5) is 0.202. The molecule has 0 bridgehead atoms. The Labute approximate surface area is 107 Å². The second kappa shape index (κ2) is 5.82. The van der Waals surface area contributed by atoms with Gasteiger partial charge in [0.05, 0.1) is 4.90 Å². The number of nitrogens with two attached hydrogens (primary N) is 1. The molecule has 4 nitrogen and oxygen atoms in total. The van der Waals surface area contributed by atoms with Crippen LogP contribution in [0, 0.1) is 6.92 Å². The molecule has 0 aliphatic rings. The number of hydrogen-bond donors (Lipinski definition) is 2. The van der Waals surface area contributed by atoms with Crippen molar-refractivity contribution >= 4 is 21.6 Å². The molecule has 0 fully saturated rings. The highest BCUT2D eigenvalue weighted by Crippen LogP contribution is 2.19. The molecular formula is C11H17ClN2O2S. The zero-order chi connectivity index (χ0) is 13.1. The molecule has 6 heteroatoms. The fraction of sp³-hybridized carbons (Fsp3) is 0.455. The van der Waals surface area contributed by atoms with Crippen molar-refractivity contribution in [1.82, 2.24) is 4.72 Å². The van der Waals surface area contributed by atoms with E-state index < -0.39 is 10.0 Å². The fourth-order valence-corrected chi connectivity index (χ4v) is 2.90. The van der Waals surface area contributed by atoms with Gasteiger partial charge >= 0.3 is 0 Å². The highest BCUT2D eigenvalue weighted by atomic mass is 35.5. The van der Waals surface area contributed by atoms with Gasteiger partial charge in [0.1, 0.15) is 0 Å². The number of benzene rings is 1. The normalized spacial score (nSPS) is 13.6. The van der Waals surface area contributed by atoms with Gasteiger partial charge in [-0.25, -0.2) is 13.1 Å². The lowest BCUT2D eigenvalue weighted by molar-refractivity contribution is 0.563. The van der Waals surface area contributed by atoms with Gasteiger partial charge in [-0.05, 0) is 31.0 Å². The van der Waals surface area contributed by atoms with E-state index in [1.807, 2.05) is 6.92 Å². The molecule has 0 aliphatic carbocycles. The molecule has 0 amide bonds. The number of aryl methyl sites for hydroxylation is 1. The molecule has 0 radical (unpaired) electrons. The first-order valence-electron chi connectivity index (χ1n) is 5.38.